The number of anilines is 1. The molecule has 0 aliphatic carbocycles. The molecule has 2 heterocycles. The molecule has 0 bridgehead atoms. The van der Waals surface area contributed by atoms with E-state index in [0.29, 0.717) is 12.8 Å². The molecule has 1 aromatic carbocycles. The van der Waals surface area contributed by atoms with Crippen molar-refractivity contribution in [2.75, 3.05) is 25.0 Å². The van der Waals surface area contributed by atoms with Gasteiger partial charge < -0.3 is 10.1 Å². The van der Waals surface area contributed by atoms with Crippen molar-refractivity contribution in [3.05, 3.63) is 33.9 Å². The molecule has 1 aromatic heterocycles. The Morgan fingerprint density at radius 3 is 2.67 bits per heavy atom. The Balaban J connectivity index is 1.64. The Hall–Kier alpha value is -1.79. The largest absolute Gasteiger partial charge is 0.461 e. The summed E-state index contributed by atoms with van der Waals surface area (Å²) in [6.45, 7) is 2.13. The molecule has 1 amide bonds. The highest BCUT2D eigenvalue weighted by Gasteiger charge is 2.34. The van der Waals surface area contributed by atoms with Crippen LogP contribution in [0.3, 0.4) is 0 Å². The van der Waals surface area contributed by atoms with Gasteiger partial charge in [0, 0.05) is 35.6 Å². The third-order valence-corrected chi connectivity index (χ3v) is 7.79. The van der Waals surface area contributed by atoms with E-state index in [2.05, 4.69) is 14.9 Å². The van der Waals surface area contributed by atoms with Crippen molar-refractivity contribution in [3.8, 4) is 0 Å². The van der Waals surface area contributed by atoms with Crippen LogP contribution >= 0.6 is 34.7 Å². The van der Waals surface area contributed by atoms with Crippen LogP contribution in [0, 0.1) is 5.92 Å². The summed E-state index contributed by atoms with van der Waals surface area (Å²) >= 11 is 12.8. The second kappa shape index (κ2) is 9.56. The summed E-state index contributed by atoms with van der Waals surface area (Å²) in [6.07, 6.45) is 0.619. The van der Waals surface area contributed by atoms with E-state index in [1.54, 1.807) is 6.92 Å². The zero-order chi connectivity index (χ0) is 21.9. The highest BCUT2D eigenvalue weighted by Crippen LogP contribution is 2.31. The summed E-state index contributed by atoms with van der Waals surface area (Å²) in [4.78, 5) is 24.4. The average Bonchev–Trinajstić information content (AvgIpc) is 3.18. The summed E-state index contributed by atoms with van der Waals surface area (Å²) in [5.41, 5.74) is -0.0502. The molecule has 162 valence electrons. The first kappa shape index (κ1) is 22.9. The van der Waals surface area contributed by atoms with Crippen LogP contribution in [0.25, 0.3) is 0 Å². The fourth-order valence-electron chi connectivity index (χ4n) is 2.99. The predicted octanol–water partition coefficient (Wildman–Crippen LogP) is 3.06. The SMILES string of the molecule is CCOC(=O)c1nnsc1NC(=O)C1CCN(S(=O)(=O)c2cc(Cl)ccc2Cl)CC1. The maximum absolute atomic E-state index is 12.9. The van der Waals surface area contributed by atoms with Crippen molar-refractivity contribution < 1.29 is 22.7 Å². The van der Waals surface area contributed by atoms with Crippen LogP contribution in [-0.2, 0) is 19.6 Å². The molecule has 0 radical (unpaired) electrons. The number of nitrogens with zero attached hydrogens (tertiary/aromatic N) is 3. The molecule has 0 atom stereocenters. The van der Waals surface area contributed by atoms with Crippen LogP contribution in [0.15, 0.2) is 23.1 Å². The Morgan fingerprint density at radius 2 is 2.00 bits per heavy atom. The summed E-state index contributed by atoms with van der Waals surface area (Å²) < 4.78 is 35.6. The van der Waals surface area contributed by atoms with Gasteiger partial charge in [0.2, 0.25) is 21.6 Å². The van der Waals surface area contributed by atoms with Crippen LogP contribution in [0.4, 0.5) is 5.00 Å². The lowest BCUT2D eigenvalue weighted by Crippen LogP contribution is -2.41. The molecule has 30 heavy (non-hydrogen) atoms. The number of amides is 1. The van der Waals surface area contributed by atoms with Crippen LogP contribution in [0.5, 0.6) is 0 Å². The molecule has 1 saturated heterocycles. The molecule has 3 rings (SSSR count). The maximum atomic E-state index is 12.9. The van der Waals surface area contributed by atoms with E-state index in [1.807, 2.05) is 0 Å². The molecule has 13 heteroatoms. The number of aromatic nitrogens is 2. The minimum Gasteiger partial charge on any atom is -0.461 e. The van der Waals surface area contributed by atoms with Crippen LogP contribution in [0.1, 0.15) is 30.3 Å². The van der Waals surface area contributed by atoms with Gasteiger partial charge in [-0.25, -0.2) is 13.2 Å². The first-order valence-electron chi connectivity index (χ1n) is 8.99. The lowest BCUT2D eigenvalue weighted by atomic mass is 9.97. The quantitative estimate of drug-likeness (QED) is 0.615. The number of hydrogen-bond acceptors (Lipinski definition) is 8. The van der Waals surface area contributed by atoms with Gasteiger partial charge in [0.15, 0.2) is 5.00 Å². The molecule has 0 unspecified atom stereocenters. The third-order valence-electron chi connectivity index (χ3n) is 4.53. The molecule has 0 spiro atoms. The predicted molar refractivity (Wildman–Crippen MR) is 112 cm³/mol. The molecule has 9 nitrogen and oxygen atoms in total. The van der Waals surface area contributed by atoms with Gasteiger partial charge >= 0.3 is 5.97 Å². The number of nitrogens with one attached hydrogen (secondary N) is 1. The number of esters is 1. The zero-order valence-corrected chi connectivity index (χ0v) is 18.9. The maximum Gasteiger partial charge on any atom is 0.362 e. The summed E-state index contributed by atoms with van der Waals surface area (Å²) in [7, 11) is -3.83. The summed E-state index contributed by atoms with van der Waals surface area (Å²) in [5, 5.41) is 6.90. The number of piperidine rings is 1. The van der Waals surface area contributed by atoms with Crippen LogP contribution in [0.2, 0.25) is 10.0 Å². The molecule has 1 aliphatic rings. The Labute approximate surface area is 187 Å². The monoisotopic (exact) mass is 492 g/mol. The lowest BCUT2D eigenvalue weighted by Gasteiger charge is -2.30. The number of ether oxygens (including phenoxy) is 1. The normalized spacial score (nSPS) is 15.7. The summed E-state index contributed by atoms with van der Waals surface area (Å²) in [6, 6.07) is 4.26. The van der Waals surface area contributed by atoms with Crippen molar-refractivity contribution >= 4 is 61.6 Å². The van der Waals surface area contributed by atoms with Crippen LogP contribution < -0.4 is 5.32 Å². The first-order chi connectivity index (χ1) is 14.2. The van der Waals surface area contributed by atoms with Crippen molar-refractivity contribution in [2.24, 2.45) is 5.92 Å². The standard InChI is InChI=1S/C17H18Cl2N4O5S2/c1-2-28-17(25)14-16(29-22-21-14)20-15(24)10-5-7-23(8-6-10)30(26,27)13-9-11(18)3-4-12(13)19/h3-4,9-10H,2,5-8H2,1H3,(H,20,24). The Kier molecular flexibility index (Phi) is 7.30. The van der Waals surface area contributed by atoms with Gasteiger partial charge in [-0.1, -0.05) is 27.7 Å². The second-order valence-electron chi connectivity index (χ2n) is 6.41. The number of halogens is 2. The van der Waals surface area contributed by atoms with E-state index in [9.17, 15) is 18.0 Å². The highest BCUT2D eigenvalue weighted by molar-refractivity contribution is 7.89. The molecule has 1 N–H and O–H groups in total. The zero-order valence-electron chi connectivity index (χ0n) is 15.8. The van der Waals surface area contributed by atoms with E-state index < -0.39 is 21.9 Å². The molecular weight excluding hydrogens is 475 g/mol. The van der Waals surface area contributed by atoms with Gasteiger partial charge in [-0.15, -0.1) is 5.10 Å². The van der Waals surface area contributed by atoms with E-state index in [-0.39, 0.29) is 51.2 Å². The van der Waals surface area contributed by atoms with E-state index in [4.69, 9.17) is 27.9 Å². The van der Waals surface area contributed by atoms with E-state index in [1.165, 1.54) is 22.5 Å². The Morgan fingerprint density at radius 1 is 1.30 bits per heavy atom. The van der Waals surface area contributed by atoms with Gasteiger partial charge in [0.25, 0.3) is 0 Å². The fraction of sp³-hybridized carbons (Fsp3) is 0.412. The van der Waals surface area contributed by atoms with Crippen molar-refractivity contribution in [3.63, 3.8) is 0 Å². The van der Waals surface area contributed by atoms with Crippen molar-refractivity contribution in [1.29, 1.82) is 0 Å². The summed E-state index contributed by atoms with van der Waals surface area (Å²) in [5.74, 6) is -1.42. The lowest BCUT2D eigenvalue weighted by molar-refractivity contribution is -0.120. The average molecular weight is 493 g/mol. The van der Waals surface area contributed by atoms with Crippen LogP contribution in [-0.4, -0.2) is 53.9 Å². The second-order valence-corrected chi connectivity index (χ2v) is 9.92. The molecule has 2 aromatic rings. The van der Waals surface area contributed by atoms with Gasteiger partial charge in [0.05, 0.1) is 11.6 Å². The minimum atomic E-state index is -3.83. The van der Waals surface area contributed by atoms with Gasteiger partial charge in [-0.3, -0.25) is 4.79 Å². The minimum absolute atomic E-state index is 0.0502. The smallest absolute Gasteiger partial charge is 0.362 e. The molecular formula is C17H18Cl2N4O5S2. The number of carbonyl (C=O) groups excluding carboxylic acids is 2. The highest BCUT2D eigenvalue weighted by atomic mass is 35.5. The van der Waals surface area contributed by atoms with Gasteiger partial charge in [0.1, 0.15) is 4.90 Å². The van der Waals surface area contributed by atoms with Gasteiger partial charge in [-0.2, -0.15) is 4.31 Å². The van der Waals surface area contributed by atoms with Gasteiger partial charge in [-0.05, 0) is 38.0 Å². The number of hydrogen-bond donors (Lipinski definition) is 1. The molecule has 0 saturated carbocycles. The number of sulfonamides is 1. The van der Waals surface area contributed by atoms with E-state index >= 15 is 0 Å². The topological polar surface area (TPSA) is 119 Å². The Bertz CT molecular complexity index is 1050. The number of benzene rings is 1. The van der Waals surface area contributed by atoms with Crippen molar-refractivity contribution in [2.45, 2.75) is 24.7 Å². The number of carbonyl (C=O) groups is 2. The third kappa shape index (κ3) is 4.92. The first-order valence-corrected chi connectivity index (χ1v) is 12.0. The number of rotatable bonds is 6. The van der Waals surface area contributed by atoms with Crippen molar-refractivity contribution in [1.82, 2.24) is 13.9 Å². The molecule has 1 fully saturated rings. The molecule has 1 aliphatic heterocycles. The fourth-order valence-corrected chi connectivity index (χ4v) is 5.76. The van der Waals surface area contributed by atoms with E-state index in [0.717, 1.165) is 11.5 Å².